The van der Waals surface area contributed by atoms with Crippen LogP contribution < -0.4 is 10.2 Å². The van der Waals surface area contributed by atoms with Crippen molar-refractivity contribution in [3.63, 3.8) is 0 Å². The lowest BCUT2D eigenvalue weighted by Gasteiger charge is -2.19. The van der Waals surface area contributed by atoms with E-state index in [4.69, 9.17) is 5.26 Å². The van der Waals surface area contributed by atoms with Gasteiger partial charge in [-0.05, 0) is 19.1 Å². The molecule has 0 atom stereocenters. The number of nitrogens with zero attached hydrogens (tertiary/aromatic N) is 2. The summed E-state index contributed by atoms with van der Waals surface area (Å²) < 4.78 is 13.3. The smallest absolute Gasteiger partial charge is 0.239 e. The summed E-state index contributed by atoms with van der Waals surface area (Å²) in [5, 5.41) is 11.5. The third kappa shape index (κ3) is 3.18. The predicted octanol–water partition coefficient (Wildman–Crippen LogP) is 1.27. The van der Waals surface area contributed by atoms with E-state index < -0.39 is 5.82 Å². The Morgan fingerprint density at radius 2 is 2.29 bits per heavy atom. The SMILES string of the molecule is CCNC(=O)CN(C)c1cccc(F)c1C#N. The minimum Gasteiger partial charge on any atom is -0.364 e. The number of amides is 1. The topological polar surface area (TPSA) is 56.1 Å². The number of benzene rings is 1. The van der Waals surface area contributed by atoms with Crippen LogP contribution in [0.3, 0.4) is 0 Å². The quantitative estimate of drug-likeness (QED) is 0.855. The van der Waals surface area contributed by atoms with Crippen LogP contribution in [0.15, 0.2) is 18.2 Å². The zero-order chi connectivity index (χ0) is 12.8. The summed E-state index contributed by atoms with van der Waals surface area (Å²) in [6.07, 6.45) is 0. The first kappa shape index (κ1) is 13.0. The van der Waals surface area contributed by atoms with Gasteiger partial charge in [0, 0.05) is 13.6 Å². The van der Waals surface area contributed by atoms with Crippen LogP contribution in [-0.2, 0) is 4.79 Å². The van der Waals surface area contributed by atoms with Crippen molar-refractivity contribution >= 4 is 11.6 Å². The maximum Gasteiger partial charge on any atom is 0.239 e. The number of nitrogens with one attached hydrogen (secondary N) is 1. The number of halogens is 1. The average molecular weight is 235 g/mol. The zero-order valence-corrected chi connectivity index (χ0v) is 9.83. The summed E-state index contributed by atoms with van der Waals surface area (Å²) in [6, 6.07) is 6.15. The number of likely N-dealkylation sites (N-methyl/N-ethyl adjacent to an activating group) is 2. The first-order valence-corrected chi connectivity index (χ1v) is 5.26. The highest BCUT2D eigenvalue weighted by Crippen LogP contribution is 2.20. The van der Waals surface area contributed by atoms with Gasteiger partial charge < -0.3 is 10.2 Å². The van der Waals surface area contributed by atoms with Gasteiger partial charge in [0.05, 0.1) is 12.2 Å². The molecular weight excluding hydrogens is 221 g/mol. The lowest BCUT2D eigenvalue weighted by Crippen LogP contribution is -2.35. The first-order valence-electron chi connectivity index (χ1n) is 5.26. The molecule has 0 aliphatic carbocycles. The number of hydrogen-bond acceptors (Lipinski definition) is 3. The lowest BCUT2D eigenvalue weighted by molar-refractivity contribution is -0.119. The highest BCUT2D eigenvalue weighted by atomic mass is 19.1. The molecule has 0 saturated heterocycles. The molecule has 0 spiro atoms. The Kier molecular flexibility index (Phi) is 4.46. The van der Waals surface area contributed by atoms with E-state index in [-0.39, 0.29) is 18.0 Å². The normalized spacial score (nSPS) is 9.53. The van der Waals surface area contributed by atoms with Crippen LogP contribution in [0.2, 0.25) is 0 Å². The van der Waals surface area contributed by atoms with Gasteiger partial charge in [0.2, 0.25) is 5.91 Å². The van der Waals surface area contributed by atoms with E-state index in [0.717, 1.165) is 0 Å². The van der Waals surface area contributed by atoms with E-state index >= 15 is 0 Å². The van der Waals surface area contributed by atoms with E-state index in [2.05, 4.69) is 5.32 Å². The van der Waals surface area contributed by atoms with E-state index in [1.54, 1.807) is 24.1 Å². The van der Waals surface area contributed by atoms with Crippen molar-refractivity contribution in [2.45, 2.75) is 6.92 Å². The number of hydrogen-bond donors (Lipinski definition) is 1. The Bertz CT molecular complexity index is 454. The van der Waals surface area contributed by atoms with Crippen LogP contribution in [0, 0.1) is 17.1 Å². The molecule has 0 unspecified atom stereocenters. The number of carbonyl (C=O) groups is 1. The van der Waals surface area contributed by atoms with Gasteiger partial charge in [-0.2, -0.15) is 5.26 Å². The molecule has 90 valence electrons. The van der Waals surface area contributed by atoms with Gasteiger partial charge in [-0.15, -0.1) is 0 Å². The van der Waals surface area contributed by atoms with E-state index in [1.165, 1.54) is 12.1 Å². The Morgan fingerprint density at radius 1 is 1.59 bits per heavy atom. The maximum absolute atomic E-state index is 13.3. The zero-order valence-electron chi connectivity index (χ0n) is 9.83. The van der Waals surface area contributed by atoms with Gasteiger partial charge in [-0.1, -0.05) is 6.07 Å². The monoisotopic (exact) mass is 235 g/mol. The van der Waals surface area contributed by atoms with Crippen LogP contribution in [0.25, 0.3) is 0 Å². The number of nitriles is 1. The fourth-order valence-corrected chi connectivity index (χ4v) is 1.50. The van der Waals surface area contributed by atoms with E-state index in [9.17, 15) is 9.18 Å². The minimum absolute atomic E-state index is 0.0423. The molecule has 0 fully saturated rings. The van der Waals surface area contributed by atoms with Crippen molar-refractivity contribution in [1.29, 1.82) is 5.26 Å². The first-order chi connectivity index (χ1) is 8.10. The molecule has 0 bridgehead atoms. The second-order valence-electron chi connectivity index (χ2n) is 3.56. The van der Waals surface area contributed by atoms with Crippen molar-refractivity contribution < 1.29 is 9.18 Å². The Morgan fingerprint density at radius 3 is 2.88 bits per heavy atom. The van der Waals surface area contributed by atoms with Gasteiger partial charge in [-0.25, -0.2) is 4.39 Å². The largest absolute Gasteiger partial charge is 0.364 e. The van der Waals surface area contributed by atoms with Gasteiger partial charge in [0.15, 0.2) is 0 Å². The van der Waals surface area contributed by atoms with Crippen molar-refractivity contribution in [3.05, 3.63) is 29.6 Å². The van der Waals surface area contributed by atoms with Crippen LogP contribution >= 0.6 is 0 Å². The molecule has 1 N–H and O–H groups in total. The predicted molar refractivity (Wildman–Crippen MR) is 63.1 cm³/mol. The molecule has 5 heteroatoms. The van der Waals surface area contributed by atoms with Gasteiger partial charge in [-0.3, -0.25) is 4.79 Å². The Balaban J connectivity index is 2.90. The summed E-state index contributed by atoms with van der Waals surface area (Å²) in [4.78, 5) is 12.9. The van der Waals surface area contributed by atoms with Crippen LogP contribution in [0.5, 0.6) is 0 Å². The number of anilines is 1. The standard InChI is InChI=1S/C12H14FN3O/c1-3-15-12(17)8-16(2)11-6-4-5-10(13)9(11)7-14/h4-6H,3,8H2,1-2H3,(H,15,17). The van der Waals surface area contributed by atoms with Crippen molar-refractivity contribution in [1.82, 2.24) is 5.32 Å². The highest BCUT2D eigenvalue weighted by molar-refractivity contribution is 5.81. The van der Waals surface area contributed by atoms with Gasteiger partial charge in [0.25, 0.3) is 0 Å². The summed E-state index contributed by atoms with van der Waals surface area (Å²) in [5.41, 5.74) is 0.373. The van der Waals surface area contributed by atoms with E-state index in [1.807, 2.05) is 6.92 Å². The molecule has 0 radical (unpaired) electrons. The Labute approximate surface area is 99.7 Å². The molecule has 1 aromatic carbocycles. The lowest BCUT2D eigenvalue weighted by atomic mass is 10.1. The average Bonchev–Trinajstić information content (AvgIpc) is 2.28. The van der Waals surface area contributed by atoms with Gasteiger partial charge >= 0.3 is 0 Å². The van der Waals surface area contributed by atoms with Crippen LogP contribution in [0.1, 0.15) is 12.5 Å². The van der Waals surface area contributed by atoms with Crippen molar-refractivity contribution in [2.24, 2.45) is 0 Å². The molecule has 1 aromatic rings. The molecule has 0 aliphatic heterocycles. The minimum atomic E-state index is -0.576. The third-order valence-electron chi connectivity index (χ3n) is 2.27. The molecule has 1 amide bonds. The number of carbonyl (C=O) groups excluding carboxylic acids is 1. The second-order valence-corrected chi connectivity index (χ2v) is 3.56. The van der Waals surface area contributed by atoms with Crippen molar-refractivity contribution in [2.75, 3.05) is 25.0 Å². The molecule has 0 saturated carbocycles. The molecule has 17 heavy (non-hydrogen) atoms. The molecule has 0 aliphatic rings. The summed E-state index contributed by atoms with van der Waals surface area (Å²) in [7, 11) is 1.64. The van der Waals surface area contributed by atoms with Crippen LogP contribution in [-0.4, -0.2) is 26.0 Å². The van der Waals surface area contributed by atoms with Crippen molar-refractivity contribution in [3.8, 4) is 6.07 Å². The second kappa shape index (κ2) is 5.85. The highest BCUT2D eigenvalue weighted by Gasteiger charge is 2.13. The Hall–Kier alpha value is -2.09. The third-order valence-corrected chi connectivity index (χ3v) is 2.27. The van der Waals surface area contributed by atoms with Gasteiger partial charge in [0.1, 0.15) is 17.4 Å². The maximum atomic E-state index is 13.3. The fourth-order valence-electron chi connectivity index (χ4n) is 1.50. The van der Waals surface area contributed by atoms with E-state index in [0.29, 0.717) is 12.2 Å². The molecular formula is C12H14FN3O. The summed E-state index contributed by atoms with van der Waals surface area (Å²) in [6.45, 7) is 2.45. The summed E-state index contributed by atoms with van der Waals surface area (Å²) >= 11 is 0. The molecule has 1 rings (SSSR count). The summed E-state index contributed by atoms with van der Waals surface area (Å²) in [5.74, 6) is -0.740. The molecule has 0 aromatic heterocycles. The fraction of sp³-hybridized carbons (Fsp3) is 0.333. The number of rotatable bonds is 4. The molecule has 4 nitrogen and oxygen atoms in total. The molecule has 0 heterocycles. The van der Waals surface area contributed by atoms with Crippen LogP contribution in [0.4, 0.5) is 10.1 Å².